The zero-order valence-electron chi connectivity index (χ0n) is 12.1. The van der Waals surface area contributed by atoms with Crippen LogP contribution >= 0.6 is 0 Å². The monoisotopic (exact) mass is 272 g/mol. The summed E-state index contributed by atoms with van der Waals surface area (Å²) in [6.07, 6.45) is 9.34. The maximum absolute atomic E-state index is 12.6. The number of nitrogen functional groups attached to an aromatic ring is 1. The molecule has 1 fully saturated rings. The van der Waals surface area contributed by atoms with E-state index in [4.69, 9.17) is 5.73 Å². The minimum atomic E-state index is 0.293. The van der Waals surface area contributed by atoms with E-state index in [1.54, 1.807) is 0 Å². The van der Waals surface area contributed by atoms with Gasteiger partial charge in [-0.15, -0.1) is 0 Å². The van der Waals surface area contributed by atoms with Crippen molar-refractivity contribution in [2.45, 2.75) is 51.4 Å². The summed E-state index contributed by atoms with van der Waals surface area (Å²) >= 11 is 0. The van der Waals surface area contributed by atoms with E-state index in [-0.39, 0.29) is 0 Å². The Bertz CT molecular complexity index is 490. The number of fused-ring (bicyclic) bond motifs is 1. The Hall–Kier alpha value is -1.51. The second-order valence-corrected chi connectivity index (χ2v) is 6.20. The Morgan fingerprint density at radius 3 is 2.70 bits per heavy atom. The molecule has 3 rings (SSSR count). The van der Waals surface area contributed by atoms with Crippen molar-refractivity contribution in [2.24, 2.45) is 5.92 Å². The van der Waals surface area contributed by atoms with Crippen LogP contribution in [-0.2, 0) is 11.2 Å². The van der Waals surface area contributed by atoms with Gasteiger partial charge >= 0.3 is 0 Å². The van der Waals surface area contributed by atoms with E-state index < -0.39 is 0 Å². The van der Waals surface area contributed by atoms with Crippen molar-refractivity contribution in [1.82, 2.24) is 0 Å². The summed E-state index contributed by atoms with van der Waals surface area (Å²) in [5.74, 6) is 0.886. The number of rotatable bonds is 2. The molecule has 1 heterocycles. The standard InChI is InChI=1S/C17H24N2O/c18-15-8-5-9-16-14(15)10-11-19(16)17(20)12-13-6-3-1-2-4-7-13/h5,8-9,13H,1-4,6-7,10-12,18H2. The first-order valence-corrected chi connectivity index (χ1v) is 7.93. The largest absolute Gasteiger partial charge is 0.398 e. The molecule has 0 atom stereocenters. The summed E-state index contributed by atoms with van der Waals surface area (Å²) < 4.78 is 0. The Morgan fingerprint density at radius 2 is 1.95 bits per heavy atom. The molecule has 1 aromatic carbocycles. The van der Waals surface area contributed by atoms with Crippen LogP contribution in [0.5, 0.6) is 0 Å². The highest BCUT2D eigenvalue weighted by atomic mass is 16.2. The molecule has 2 N–H and O–H groups in total. The number of hydrogen-bond acceptors (Lipinski definition) is 2. The fourth-order valence-corrected chi connectivity index (χ4v) is 3.65. The van der Waals surface area contributed by atoms with Crippen molar-refractivity contribution in [3.8, 4) is 0 Å². The summed E-state index contributed by atoms with van der Waals surface area (Å²) in [6.45, 7) is 0.801. The van der Waals surface area contributed by atoms with E-state index in [0.717, 1.165) is 29.9 Å². The highest BCUT2D eigenvalue weighted by Crippen LogP contribution is 2.34. The molecular weight excluding hydrogens is 248 g/mol. The summed E-state index contributed by atoms with van der Waals surface area (Å²) in [7, 11) is 0. The number of amides is 1. The topological polar surface area (TPSA) is 46.3 Å². The average molecular weight is 272 g/mol. The van der Waals surface area contributed by atoms with Gasteiger partial charge in [-0.1, -0.05) is 31.7 Å². The molecule has 0 unspecified atom stereocenters. The summed E-state index contributed by atoms with van der Waals surface area (Å²) in [5.41, 5.74) is 9.03. The summed E-state index contributed by atoms with van der Waals surface area (Å²) in [4.78, 5) is 14.5. The van der Waals surface area contributed by atoms with Crippen LogP contribution in [0.4, 0.5) is 11.4 Å². The van der Waals surface area contributed by atoms with Gasteiger partial charge in [-0.3, -0.25) is 4.79 Å². The Kier molecular flexibility index (Phi) is 3.95. The fraction of sp³-hybridized carbons (Fsp3) is 0.588. The number of nitrogens with zero attached hydrogens (tertiary/aromatic N) is 1. The number of carbonyl (C=O) groups excluding carboxylic acids is 1. The molecule has 1 aromatic rings. The van der Waals surface area contributed by atoms with Crippen molar-refractivity contribution in [3.63, 3.8) is 0 Å². The number of nitrogens with two attached hydrogens (primary N) is 1. The van der Waals surface area contributed by atoms with Gasteiger partial charge in [0.05, 0.1) is 0 Å². The molecule has 0 radical (unpaired) electrons. The SMILES string of the molecule is Nc1cccc2c1CCN2C(=O)CC1CCCCCC1. The molecule has 2 aliphatic rings. The van der Waals surface area contributed by atoms with E-state index >= 15 is 0 Å². The van der Waals surface area contributed by atoms with E-state index in [1.165, 1.54) is 38.5 Å². The number of carbonyl (C=O) groups is 1. The minimum absolute atomic E-state index is 0.293. The maximum Gasteiger partial charge on any atom is 0.227 e. The number of hydrogen-bond donors (Lipinski definition) is 1. The zero-order chi connectivity index (χ0) is 13.9. The molecule has 1 aliphatic carbocycles. The van der Waals surface area contributed by atoms with Crippen LogP contribution in [0, 0.1) is 5.92 Å². The third kappa shape index (κ3) is 2.67. The minimum Gasteiger partial charge on any atom is -0.398 e. The van der Waals surface area contributed by atoms with Crippen LogP contribution < -0.4 is 10.6 Å². The zero-order valence-corrected chi connectivity index (χ0v) is 12.1. The molecule has 1 aliphatic heterocycles. The predicted octanol–water partition coefficient (Wildman–Crippen LogP) is 3.52. The molecule has 108 valence electrons. The first-order chi connectivity index (χ1) is 9.75. The van der Waals surface area contributed by atoms with Crippen LogP contribution in [0.3, 0.4) is 0 Å². The predicted molar refractivity (Wildman–Crippen MR) is 82.7 cm³/mol. The second kappa shape index (κ2) is 5.86. The first-order valence-electron chi connectivity index (χ1n) is 7.93. The van der Waals surface area contributed by atoms with Crippen LogP contribution in [0.1, 0.15) is 50.5 Å². The van der Waals surface area contributed by atoms with Crippen molar-refractivity contribution in [2.75, 3.05) is 17.2 Å². The van der Waals surface area contributed by atoms with Gasteiger partial charge in [-0.05, 0) is 37.3 Å². The van der Waals surface area contributed by atoms with Crippen molar-refractivity contribution in [1.29, 1.82) is 0 Å². The molecule has 0 spiro atoms. The molecular formula is C17H24N2O. The molecule has 0 saturated heterocycles. The lowest BCUT2D eigenvalue weighted by molar-refractivity contribution is -0.119. The van der Waals surface area contributed by atoms with E-state index in [1.807, 2.05) is 23.1 Å². The Labute approximate surface area is 121 Å². The van der Waals surface area contributed by atoms with Crippen molar-refractivity contribution in [3.05, 3.63) is 23.8 Å². The van der Waals surface area contributed by atoms with E-state index in [9.17, 15) is 4.79 Å². The van der Waals surface area contributed by atoms with Crippen LogP contribution in [-0.4, -0.2) is 12.5 Å². The van der Waals surface area contributed by atoms with Crippen LogP contribution in [0.25, 0.3) is 0 Å². The lowest BCUT2D eigenvalue weighted by Gasteiger charge is -2.21. The number of anilines is 2. The summed E-state index contributed by atoms with van der Waals surface area (Å²) in [6, 6.07) is 5.91. The smallest absolute Gasteiger partial charge is 0.227 e. The third-order valence-electron chi connectivity index (χ3n) is 4.80. The maximum atomic E-state index is 12.6. The normalized spacial score (nSPS) is 19.7. The highest BCUT2D eigenvalue weighted by Gasteiger charge is 2.27. The van der Waals surface area contributed by atoms with E-state index in [2.05, 4.69) is 0 Å². The Morgan fingerprint density at radius 1 is 1.20 bits per heavy atom. The molecule has 1 amide bonds. The molecule has 3 nitrogen and oxygen atoms in total. The average Bonchev–Trinajstić information content (AvgIpc) is 2.72. The Balaban J connectivity index is 1.68. The molecule has 1 saturated carbocycles. The highest BCUT2D eigenvalue weighted by molar-refractivity contribution is 5.96. The van der Waals surface area contributed by atoms with Gasteiger partial charge in [-0.2, -0.15) is 0 Å². The van der Waals surface area contributed by atoms with Crippen LogP contribution in [0.2, 0.25) is 0 Å². The van der Waals surface area contributed by atoms with Gasteiger partial charge < -0.3 is 10.6 Å². The molecule has 20 heavy (non-hydrogen) atoms. The van der Waals surface area contributed by atoms with Crippen LogP contribution in [0.15, 0.2) is 18.2 Å². The molecule has 0 bridgehead atoms. The van der Waals surface area contributed by atoms with Gasteiger partial charge in [0.15, 0.2) is 0 Å². The second-order valence-electron chi connectivity index (χ2n) is 6.20. The van der Waals surface area contributed by atoms with Crippen molar-refractivity contribution < 1.29 is 4.79 Å². The quantitative estimate of drug-likeness (QED) is 0.661. The third-order valence-corrected chi connectivity index (χ3v) is 4.80. The lowest BCUT2D eigenvalue weighted by atomic mass is 9.96. The summed E-state index contributed by atoms with van der Waals surface area (Å²) in [5, 5.41) is 0. The van der Waals surface area contributed by atoms with Gasteiger partial charge in [0.2, 0.25) is 5.91 Å². The lowest BCUT2D eigenvalue weighted by Crippen LogP contribution is -2.30. The van der Waals surface area contributed by atoms with Gasteiger partial charge in [0.1, 0.15) is 0 Å². The van der Waals surface area contributed by atoms with Gasteiger partial charge in [0.25, 0.3) is 0 Å². The van der Waals surface area contributed by atoms with Crippen molar-refractivity contribution >= 4 is 17.3 Å². The number of benzene rings is 1. The first kappa shape index (κ1) is 13.5. The molecule has 0 aromatic heterocycles. The van der Waals surface area contributed by atoms with E-state index in [0.29, 0.717) is 18.2 Å². The molecule has 3 heteroatoms. The van der Waals surface area contributed by atoms with Gasteiger partial charge in [-0.25, -0.2) is 0 Å². The fourth-order valence-electron chi connectivity index (χ4n) is 3.65. The van der Waals surface area contributed by atoms with Gasteiger partial charge in [0, 0.05) is 29.9 Å².